The van der Waals surface area contributed by atoms with Crippen LogP contribution >= 0.6 is 11.8 Å². The first-order valence-corrected chi connectivity index (χ1v) is 8.16. The summed E-state index contributed by atoms with van der Waals surface area (Å²) in [6, 6.07) is 4.39. The minimum absolute atomic E-state index is 0.362. The Kier molecular flexibility index (Phi) is 5.01. The van der Waals surface area contributed by atoms with E-state index in [1.54, 1.807) is 18.2 Å². The van der Waals surface area contributed by atoms with E-state index in [4.69, 9.17) is 4.74 Å². The molecular formula is C14H17N3O6S. The number of fused-ring (bicyclic) bond motifs is 1. The second-order valence-corrected chi connectivity index (χ2v) is 6.64. The van der Waals surface area contributed by atoms with Crippen LogP contribution in [-0.4, -0.2) is 67.9 Å². The Morgan fingerprint density at radius 2 is 2.04 bits per heavy atom. The molecule has 2 unspecified atom stereocenters. The molecule has 1 aromatic carbocycles. The Balaban J connectivity index is 1.84. The second-order valence-electron chi connectivity index (χ2n) is 5.47. The van der Waals surface area contributed by atoms with Crippen LogP contribution in [0.5, 0.6) is 0 Å². The van der Waals surface area contributed by atoms with Gasteiger partial charge < -0.3 is 25.4 Å². The summed E-state index contributed by atoms with van der Waals surface area (Å²) in [4.78, 5) is 12.2. The summed E-state index contributed by atoms with van der Waals surface area (Å²) in [5, 5.41) is 39.6. The number of aliphatic hydroxyl groups is 3. The number of carbonyl (C=O) groups is 1. The van der Waals surface area contributed by atoms with Crippen molar-refractivity contribution in [1.29, 1.82) is 0 Å². The molecular weight excluding hydrogens is 338 g/mol. The van der Waals surface area contributed by atoms with Crippen LogP contribution in [0, 0.1) is 0 Å². The Bertz CT molecular complexity index is 725. The number of hydrogen-bond donors (Lipinski definition) is 4. The van der Waals surface area contributed by atoms with E-state index in [0.717, 1.165) is 4.90 Å². The van der Waals surface area contributed by atoms with Crippen molar-refractivity contribution >= 4 is 28.7 Å². The summed E-state index contributed by atoms with van der Waals surface area (Å²) in [6.45, 7) is 0.862. The largest absolute Gasteiger partial charge is 0.394 e. The summed E-state index contributed by atoms with van der Waals surface area (Å²) >= 11 is 1.23. The molecule has 0 aliphatic carbocycles. The number of hydrogen-bond acceptors (Lipinski definition) is 9. The number of nitrogens with zero attached hydrogens (tertiary/aromatic N) is 2. The molecule has 0 spiro atoms. The Morgan fingerprint density at radius 1 is 1.29 bits per heavy atom. The van der Waals surface area contributed by atoms with E-state index in [1.807, 2.05) is 0 Å². The third kappa shape index (κ3) is 3.37. The average molecular weight is 355 g/mol. The lowest BCUT2D eigenvalue weighted by Crippen LogP contribution is -2.63. The van der Waals surface area contributed by atoms with E-state index in [2.05, 4.69) is 20.3 Å². The molecule has 9 nitrogen and oxygen atoms in total. The summed E-state index contributed by atoms with van der Waals surface area (Å²) in [5.74, 6) is -0.362. The number of nitrogens with one attached hydrogen (secondary N) is 1. The number of carbonyl (C=O) groups excluding carboxylic acids is 1. The maximum absolute atomic E-state index is 11.4. The minimum atomic E-state index is -1.30. The molecule has 1 saturated heterocycles. The molecule has 4 N–H and O–H groups in total. The monoisotopic (exact) mass is 355 g/mol. The molecule has 0 saturated carbocycles. The Labute approximate surface area is 140 Å². The van der Waals surface area contributed by atoms with Crippen LogP contribution in [0.1, 0.15) is 6.92 Å². The summed E-state index contributed by atoms with van der Waals surface area (Å²) < 4.78 is 10.3. The van der Waals surface area contributed by atoms with Crippen LogP contribution in [0.3, 0.4) is 0 Å². The lowest BCUT2D eigenvalue weighted by atomic mass is 9.98. The zero-order chi connectivity index (χ0) is 17.3. The minimum Gasteiger partial charge on any atom is -0.394 e. The molecule has 24 heavy (non-hydrogen) atoms. The molecule has 2 aromatic rings. The summed E-state index contributed by atoms with van der Waals surface area (Å²) in [7, 11) is 0. The van der Waals surface area contributed by atoms with Gasteiger partial charge in [-0.2, -0.15) is 0 Å². The third-order valence-electron chi connectivity index (χ3n) is 3.73. The highest BCUT2D eigenvalue weighted by molar-refractivity contribution is 7.99. The molecule has 1 fully saturated rings. The highest BCUT2D eigenvalue weighted by Crippen LogP contribution is 2.34. The van der Waals surface area contributed by atoms with Crippen LogP contribution in [0.25, 0.3) is 11.0 Å². The zero-order valence-corrected chi connectivity index (χ0v) is 13.5. The number of rotatable bonds is 4. The molecule has 130 valence electrons. The predicted molar refractivity (Wildman–Crippen MR) is 83.0 cm³/mol. The lowest BCUT2D eigenvalue weighted by Gasteiger charge is -2.42. The van der Waals surface area contributed by atoms with Crippen LogP contribution < -0.4 is 5.32 Å². The van der Waals surface area contributed by atoms with E-state index in [-0.39, 0.29) is 5.91 Å². The topological polar surface area (TPSA) is 138 Å². The third-order valence-corrected chi connectivity index (χ3v) is 4.89. The molecule has 1 aromatic heterocycles. The molecule has 1 amide bonds. The van der Waals surface area contributed by atoms with Gasteiger partial charge in [-0.1, -0.05) is 11.8 Å². The molecule has 2 heterocycles. The predicted octanol–water partition coefficient (Wildman–Crippen LogP) is -0.741. The number of thioether (sulfide) groups is 1. The van der Waals surface area contributed by atoms with Gasteiger partial charge in [0, 0.05) is 11.8 Å². The molecule has 1 aliphatic rings. The van der Waals surface area contributed by atoms with Crippen molar-refractivity contribution in [3.05, 3.63) is 18.2 Å². The molecule has 10 heteroatoms. The van der Waals surface area contributed by atoms with Gasteiger partial charge in [0.2, 0.25) is 5.91 Å². The van der Waals surface area contributed by atoms with Gasteiger partial charge in [0.05, 0.1) is 12.6 Å². The van der Waals surface area contributed by atoms with Crippen molar-refractivity contribution in [3.8, 4) is 0 Å². The van der Waals surface area contributed by atoms with Crippen molar-refractivity contribution in [3.63, 3.8) is 0 Å². The van der Waals surface area contributed by atoms with Crippen LogP contribution in [0.2, 0.25) is 0 Å². The van der Waals surface area contributed by atoms with Gasteiger partial charge in [-0.15, -0.1) is 0 Å². The maximum Gasteiger partial charge on any atom is 0.217 e. The zero-order valence-electron chi connectivity index (χ0n) is 12.7. The van der Waals surface area contributed by atoms with Gasteiger partial charge in [-0.3, -0.25) is 4.79 Å². The van der Waals surface area contributed by atoms with E-state index >= 15 is 0 Å². The van der Waals surface area contributed by atoms with E-state index in [9.17, 15) is 20.1 Å². The summed E-state index contributed by atoms with van der Waals surface area (Å²) in [6.07, 6.45) is -3.51. The molecule has 3 rings (SSSR count). The van der Waals surface area contributed by atoms with Crippen molar-refractivity contribution in [2.75, 3.05) is 6.61 Å². The van der Waals surface area contributed by atoms with Gasteiger partial charge in [-0.05, 0) is 28.5 Å². The fourth-order valence-corrected chi connectivity index (χ4v) is 3.71. The van der Waals surface area contributed by atoms with Gasteiger partial charge in [0.1, 0.15) is 34.8 Å². The highest BCUT2D eigenvalue weighted by Gasteiger charge is 2.45. The first-order chi connectivity index (χ1) is 11.5. The van der Waals surface area contributed by atoms with Crippen molar-refractivity contribution < 1.29 is 29.5 Å². The van der Waals surface area contributed by atoms with E-state index in [0.29, 0.717) is 11.0 Å². The second kappa shape index (κ2) is 7.03. The average Bonchev–Trinajstić information content (AvgIpc) is 3.01. The molecule has 1 aliphatic heterocycles. The normalized spacial score (nSPS) is 30.4. The van der Waals surface area contributed by atoms with Crippen molar-refractivity contribution in [2.45, 2.75) is 41.6 Å². The number of amides is 1. The first kappa shape index (κ1) is 17.1. The smallest absolute Gasteiger partial charge is 0.217 e. The standard InChI is InChI=1S/C14H17N3O6S/c1-6(19)15-11-13(21)12(20)10(5-18)22-14(11)24-7-2-3-8-9(4-7)17-23-16-8/h2-4,10-14,18,20-21H,5H2,1H3,(H,15,19)/t10?,11?,12-,13-,14+/m1/s1. The van der Waals surface area contributed by atoms with Crippen molar-refractivity contribution in [2.24, 2.45) is 0 Å². The van der Waals surface area contributed by atoms with Crippen LogP contribution in [0.15, 0.2) is 27.7 Å². The molecule has 0 bridgehead atoms. The fraction of sp³-hybridized carbons (Fsp3) is 0.500. The first-order valence-electron chi connectivity index (χ1n) is 7.28. The number of aliphatic hydroxyl groups excluding tert-OH is 3. The number of aromatic nitrogens is 2. The molecule has 5 atom stereocenters. The van der Waals surface area contributed by atoms with Gasteiger partial charge >= 0.3 is 0 Å². The Morgan fingerprint density at radius 3 is 2.75 bits per heavy atom. The van der Waals surface area contributed by atoms with Crippen LogP contribution in [0.4, 0.5) is 0 Å². The maximum atomic E-state index is 11.4. The highest BCUT2D eigenvalue weighted by atomic mass is 32.2. The number of ether oxygens (including phenoxy) is 1. The van der Waals surface area contributed by atoms with E-state index < -0.39 is 36.4 Å². The SMILES string of the molecule is CC(=O)NC1[C@@H](O)[C@H](O)C(CO)O[C@H]1Sc1ccc2nonc2c1. The van der Waals surface area contributed by atoms with Gasteiger partial charge in [0.25, 0.3) is 0 Å². The fourth-order valence-electron chi connectivity index (χ4n) is 2.54. The quantitative estimate of drug-likeness (QED) is 0.558. The Hall–Kier alpha value is -1.72. The van der Waals surface area contributed by atoms with Crippen molar-refractivity contribution in [1.82, 2.24) is 15.6 Å². The van der Waals surface area contributed by atoms with Crippen LogP contribution in [-0.2, 0) is 9.53 Å². The van der Waals surface area contributed by atoms with Gasteiger partial charge in [0.15, 0.2) is 0 Å². The molecule has 0 radical (unpaired) electrons. The van der Waals surface area contributed by atoms with Gasteiger partial charge in [-0.25, -0.2) is 4.63 Å². The lowest BCUT2D eigenvalue weighted by molar-refractivity contribution is -0.173. The summed E-state index contributed by atoms with van der Waals surface area (Å²) in [5.41, 5.74) is 0.457. The van der Waals surface area contributed by atoms with E-state index in [1.165, 1.54) is 18.7 Å². The number of benzene rings is 1.